The normalized spacial score (nSPS) is 12.8. The molecule has 3 aromatic heterocycles. The molecule has 0 radical (unpaired) electrons. The Kier molecular flexibility index (Phi) is 13.2. The van der Waals surface area contributed by atoms with Crippen molar-refractivity contribution in [3.63, 3.8) is 0 Å². The Labute approximate surface area is 307 Å². The topological polar surface area (TPSA) is 208 Å². The molecule has 1 aliphatic heterocycles. The van der Waals surface area contributed by atoms with Crippen molar-refractivity contribution in [2.45, 2.75) is 45.7 Å². The number of ether oxygens (including phenoxy) is 4. The number of aromatic nitrogens is 5. The minimum Gasteiger partial charge on any atom is -0.424 e. The molecule has 2 aromatic carbocycles. The zero-order valence-corrected chi connectivity index (χ0v) is 30.1. The first-order chi connectivity index (χ1) is 25.9. The number of rotatable bonds is 20. The third kappa shape index (κ3) is 10.0. The number of nitrogens with two attached hydrogens (primary N) is 2. The number of carbonyl (C=O) groups is 2. The molecule has 0 bridgehead atoms. The van der Waals surface area contributed by atoms with E-state index in [1.54, 1.807) is 6.07 Å². The van der Waals surface area contributed by atoms with Gasteiger partial charge < -0.3 is 45.0 Å². The molecule has 0 unspecified atom stereocenters. The van der Waals surface area contributed by atoms with Gasteiger partial charge in [0.1, 0.15) is 23.4 Å². The number of nitrogen functional groups attached to an aromatic ring is 2. The number of hydrogen-bond acceptors (Lipinski definition) is 13. The predicted molar refractivity (Wildman–Crippen MR) is 198 cm³/mol. The molecule has 16 heteroatoms. The van der Waals surface area contributed by atoms with Gasteiger partial charge in [-0.2, -0.15) is 10.1 Å². The highest BCUT2D eigenvalue weighted by molar-refractivity contribution is 5.99. The molecular weight excluding hydrogens is 682 g/mol. The van der Waals surface area contributed by atoms with Crippen LogP contribution in [0.4, 0.5) is 11.8 Å². The number of oxazole rings is 1. The smallest absolute Gasteiger partial charge is 0.292 e. The van der Waals surface area contributed by atoms with Crippen molar-refractivity contribution in [3.8, 4) is 11.3 Å². The molecule has 6 rings (SSSR count). The van der Waals surface area contributed by atoms with E-state index >= 15 is 0 Å². The summed E-state index contributed by atoms with van der Waals surface area (Å²) < 4.78 is 29.4. The third-order valence-electron chi connectivity index (χ3n) is 8.83. The number of benzene rings is 2. The highest BCUT2D eigenvalue weighted by Crippen LogP contribution is 2.33. The molecule has 0 aliphatic carbocycles. The molecule has 0 spiro atoms. The van der Waals surface area contributed by atoms with Gasteiger partial charge in [-0.05, 0) is 47.7 Å². The number of hydrogen-bond donors (Lipinski definition) is 3. The number of carbonyl (C=O) groups excluding carboxylic acids is 2. The van der Waals surface area contributed by atoms with Crippen molar-refractivity contribution in [3.05, 3.63) is 59.4 Å². The van der Waals surface area contributed by atoms with Crippen LogP contribution >= 0.6 is 0 Å². The number of anilines is 2. The molecule has 16 nitrogen and oxygen atoms in total. The fourth-order valence-electron chi connectivity index (χ4n) is 6.18. The van der Waals surface area contributed by atoms with Crippen LogP contribution in [0, 0.1) is 0 Å². The Morgan fingerprint density at radius 3 is 2.42 bits per heavy atom. The average Bonchev–Trinajstić information content (AvgIpc) is 3.72. The Morgan fingerprint density at radius 2 is 1.64 bits per heavy atom. The summed E-state index contributed by atoms with van der Waals surface area (Å²) in [6, 6.07) is 12.0. The molecule has 53 heavy (non-hydrogen) atoms. The first kappa shape index (κ1) is 37.6. The minimum atomic E-state index is 0.0485. The van der Waals surface area contributed by atoms with Gasteiger partial charge in [0.15, 0.2) is 11.2 Å². The molecule has 0 saturated carbocycles. The SMILES string of the molecule is CCCC(=O)NCCOCCOCCOCCOCCC(=O)N1CCc2cc(Cn3nc(-c4ccc5oc(N)nc5c4)c4c(N)ncnc43)ccc2C1. The van der Waals surface area contributed by atoms with Crippen LogP contribution in [0.15, 0.2) is 47.1 Å². The fraction of sp³-hybridized carbons (Fsp3) is 0.459. The Hall–Kier alpha value is -5.16. The zero-order chi connectivity index (χ0) is 37.0. The lowest BCUT2D eigenvalue weighted by atomic mass is 9.97. The maximum absolute atomic E-state index is 13.0. The van der Waals surface area contributed by atoms with Crippen LogP contribution in [0.25, 0.3) is 33.4 Å². The number of amides is 2. The first-order valence-electron chi connectivity index (χ1n) is 18.0. The molecule has 2 amide bonds. The van der Waals surface area contributed by atoms with E-state index < -0.39 is 0 Å². The average molecular weight is 730 g/mol. The summed E-state index contributed by atoms with van der Waals surface area (Å²) in [7, 11) is 0. The lowest BCUT2D eigenvalue weighted by Gasteiger charge is -2.29. The van der Waals surface area contributed by atoms with Crippen molar-refractivity contribution in [1.29, 1.82) is 0 Å². The number of nitrogens with zero attached hydrogens (tertiary/aromatic N) is 6. The van der Waals surface area contributed by atoms with Crippen molar-refractivity contribution in [1.82, 2.24) is 34.9 Å². The standard InChI is InChI=1S/C37H47N9O7/c1-2-3-31(47)40-10-13-50-15-17-52-19-18-51-16-14-49-12-9-32(48)45-11-8-26-20-25(4-5-28(26)23-45)22-46-36-33(35(38)41-24-42-36)34(44-46)27-6-7-30-29(21-27)43-37(39)53-30/h4-7,20-21,24H,2-3,8-19,22-23H2,1H3,(H2,39,43)(H,40,47)(H2,38,41,42). The van der Waals surface area contributed by atoms with E-state index in [-0.39, 0.29) is 17.8 Å². The second-order valence-corrected chi connectivity index (χ2v) is 12.7. The Morgan fingerprint density at radius 1 is 0.887 bits per heavy atom. The van der Waals surface area contributed by atoms with E-state index in [9.17, 15) is 9.59 Å². The van der Waals surface area contributed by atoms with E-state index in [0.29, 0.717) is 126 Å². The van der Waals surface area contributed by atoms with E-state index in [2.05, 4.69) is 38.5 Å². The van der Waals surface area contributed by atoms with Gasteiger partial charge in [0.05, 0.1) is 71.2 Å². The maximum atomic E-state index is 13.0. The van der Waals surface area contributed by atoms with Gasteiger partial charge in [0, 0.05) is 31.6 Å². The minimum absolute atomic E-state index is 0.0485. The molecule has 4 heterocycles. The van der Waals surface area contributed by atoms with Crippen LogP contribution in [0.5, 0.6) is 0 Å². The van der Waals surface area contributed by atoms with Gasteiger partial charge in [0.2, 0.25) is 11.8 Å². The van der Waals surface area contributed by atoms with Crippen LogP contribution in [0.1, 0.15) is 42.9 Å². The summed E-state index contributed by atoms with van der Waals surface area (Å²) in [5.41, 5.74) is 18.8. The van der Waals surface area contributed by atoms with Crippen molar-refractivity contribution < 1.29 is 33.0 Å². The highest BCUT2D eigenvalue weighted by Gasteiger charge is 2.22. The second-order valence-electron chi connectivity index (χ2n) is 12.7. The van der Waals surface area contributed by atoms with Crippen molar-refractivity contribution in [2.75, 3.05) is 77.4 Å². The van der Waals surface area contributed by atoms with Crippen molar-refractivity contribution >= 4 is 45.8 Å². The number of nitrogens with one attached hydrogen (secondary N) is 1. The fourth-order valence-corrected chi connectivity index (χ4v) is 6.18. The summed E-state index contributed by atoms with van der Waals surface area (Å²) in [6.45, 7) is 7.62. The van der Waals surface area contributed by atoms with Gasteiger partial charge in [-0.3, -0.25) is 9.59 Å². The van der Waals surface area contributed by atoms with Crippen LogP contribution in [0.2, 0.25) is 0 Å². The molecule has 282 valence electrons. The largest absolute Gasteiger partial charge is 0.424 e. The van der Waals surface area contributed by atoms with Crippen LogP contribution < -0.4 is 16.8 Å². The molecule has 5 aromatic rings. The van der Waals surface area contributed by atoms with Gasteiger partial charge in [-0.15, -0.1) is 0 Å². The van der Waals surface area contributed by atoms with E-state index in [0.717, 1.165) is 29.5 Å². The molecule has 0 saturated heterocycles. The summed E-state index contributed by atoms with van der Waals surface area (Å²) in [4.78, 5) is 39.2. The third-order valence-corrected chi connectivity index (χ3v) is 8.83. The van der Waals surface area contributed by atoms with Crippen molar-refractivity contribution in [2.24, 2.45) is 0 Å². The van der Waals surface area contributed by atoms with Crippen LogP contribution in [-0.4, -0.2) is 107 Å². The van der Waals surface area contributed by atoms with E-state index in [4.69, 9.17) is 39.9 Å². The quantitative estimate of drug-likeness (QED) is 0.0986. The summed E-state index contributed by atoms with van der Waals surface area (Å²) in [5.74, 6) is 0.457. The Balaban J connectivity index is 0.899. The van der Waals surface area contributed by atoms with Gasteiger partial charge in [-0.25, -0.2) is 14.6 Å². The van der Waals surface area contributed by atoms with E-state index in [1.165, 1.54) is 11.9 Å². The van der Waals surface area contributed by atoms with Crippen LogP contribution in [-0.2, 0) is 48.0 Å². The summed E-state index contributed by atoms with van der Waals surface area (Å²) in [6.07, 6.45) is 3.89. The predicted octanol–water partition coefficient (Wildman–Crippen LogP) is 3.10. The van der Waals surface area contributed by atoms with Crippen LogP contribution in [0.3, 0.4) is 0 Å². The molecule has 5 N–H and O–H groups in total. The zero-order valence-electron chi connectivity index (χ0n) is 30.1. The summed E-state index contributed by atoms with van der Waals surface area (Å²) >= 11 is 0. The monoisotopic (exact) mass is 729 g/mol. The lowest BCUT2D eigenvalue weighted by Crippen LogP contribution is -2.36. The first-order valence-corrected chi connectivity index (χ1v) is 18.0. The molecule has 0 atom stereocenters. The lowest BCUT2D eigenvalue weighted by molar-refractivity contribution is -0.133. The molecule has 1 aliphatic rings. The summed E-state index contributed by atoms with van der Waals surface area (Å²) in [5, 5.41) is 8.38. The van der Waals surface area contributed by atoms with E-state index in [1.807, 2.05) is 28.6 Å². The maximum Gasteiger partial charge on any atom is 0.292 e. The van der Waals surface area contributed by atoms with Gasteiger partial charge >= 0.3 is 0 Å². The van der Waals surface area contributed by atoms with Gasteiger partial charge in [0.25, 0.3) is 6.01 Å². The highest BCUT2D eigenvalue weighted by atomic mass is 16.6. The van der Waals surface area contributed by atoms with Gasteiger partial charge in [-0.1, -0.05) is 25.1 Å². The Bertz CT molecular complexity index is 2000. The molecule has 0 fully saturated rings. The molecular formula is C37H47N9O7. The number of fused-ring (bicyclic) bond motifs is 3. The second kappa shape index (κ2) is 18.6.